The lowest BCUT2D eigenvalue weighted by atomic mass is 10.2. The van der Waals surface area contributed by atoms with Crippen LogP contribution in [0.2, 0.25) is 0 Å². The van der Waals surface area contributed by atoms with Gasteiger partial charge in [-0.05, 0) is 36.8 Å². The first-order valence-corrected chi connectivity index (χ1v) is 9.74. The quantitative estimate of drug-likeness (QED) is 0.377. The largest absolute Gasteiger partial charge is 0.495 e. The zero-order chi connectivity index (χ0) is 21.0. The van der Waals surface area contributed by atoms with E-state index in [0.717, 1.165) is 17.3 Å². The van der Waals surface area contributed by atoms with Crippen molar-refractivity contribution in [2.24, 2.45) is 0 Å². The van der Waals surface area contributed by atoms with Gasteiger partial charge in [-0.3, -0.25) is 29.8 Å². The minimum Gasteiger partial charge on any atom is -0.495 e. The fourth-order valence-corrected chi connectivity index (χ4v) is 3.53. The zero-order valence-corrected chi connectivity index (χ0v) is 17.0. The smallest absolute Gasteiger partial charge is 0.266 e. The van der Waals surface area contributed by atoms with Gasteiger partial charge in [-0.2, -0.15) is 0 Å². The van der Waals surface area contributed by atoms with Crippen molar-refractivity contribution in [2.75, 3.05) is 12.9 Å². The van der Waals surface area contributed by atoms with E-state index in [-0.39, 0.29) is 17.2 Å². The molecule has 0 saturated heterocycles. The van der Waals surface area contributed by atoms with Crippen LogP contribution >= 0.6 is 11.8 Å². The minimum atomic E-state index is -0.421. The Bertz CT molecular complexity index is 1140. The number of amides is 2. The molecule has 2 amide bonds. The van der Waals surface area contributed by atoms with E-state index in [4.69, 9.17) is 4.74 Å². The number of carbonyl (C=O) groups excluding carboxylic acids is 2. The number of rotatable bonds is 5. The van der Waals surface area contributed by atoms with Crippen molar-refractivity contribution < 1.29 is 14.3 Å². The molecule has 29 heavy (non-hydrogen) atoms. The number of ether oxygens (including phenoxy) is 1. The molecule has 0 fully saturated rings. The van der Waals surface area contributed by atoms with Crippen LogP contribution < -0.4 is 21.1 Å². The molecule has 0 bridgehead atoms. The Hall–Kier alpha value is -3.33. The number of hydrogen-bond donors (Lipinski definition) is 2. The van der Waals surface area contributed by atoms with Gasteiger partial charge in [-0.1, -0.05) is 30.0 Å². The summed E-state index contributed by atoms with van der Waals surface area (Å²) in [5.74, 6) is -0.331. The van der Waals surface area contributed by atoms with E-state index in [2.05, 4.69) is 15.8 Å². The number of hydrogen-bond acceptors (Lipinski definition) is 6. The Kier molecular flexibility index (Phi) is 6.18. The predicted octanol–water partition coefficient (Wildman–Crippen LogP) is 1.96. The molecule has 3 aromatic rings. The van der Waals surface area contributed by atoms with Crippen molar-refractivity contribution in [2.45, 2.75) is 19.0 Å². The van der Waals surface area contributed by atoms with E-state index >= 15 is 0 Å². The molecule has 2 N–H and O–H groups in total. The maximum Gasteiger partial charge on any atom is 0.266 e. The van der Waals surface area contributed by atoms with Gasteiger partial charge < -0.3 is 4.74 Å². The van der Waals surface area contributed by atoms with Crippen molar-refractivity contribution in [3.05, 3.63) is 58.4 Å². The lowest BCUT2D eigenvalue weighted by Crippen LogP contribution is -2.41. The number of nitrogens with zero attached hydrogens (tertiary/aromatic N) is 2. The fraction of sp³-hybridized carbons (Fsp3) is 0.200. The average Bonchev–Trinajstić information content (AvgIpc) is 2.70. The number of benzene rings is 2. The van der Waals surface area contributed by atoms with Gasteiger partial charge in [0, 0.05) is 6.92 Å². The van der Waals surface area contributed by atoms with Crippen LogP contribution in [0.4, 0.5) is 0 Å². The second-order valence-corrected chi connectivity index (χ2v) is 7.19. The fourth-order valence-electron chi connectivity index (χ4n) is 2.72. The second kappa shape index (κ2) is 8.78. The maximum absolute atomic E-state index is 13.3. The molecule has 1 aromatic heterocycles. The molecule has 0 saturated carbocycles. The summed E-state index contributed by atoms with van der Waals surface area (Å²) < 4.78 is 6.89. The highest BCUT2D eigenvalue weighted by atomic mass is 32.2. The molecule has 0 spiro atoms. The molecule has 0 aliphatic heterocycles. The molecule has 0 aliphatic rings. The number of thioether (sulfide) groups is 1. The predicted molar refractivity (Wildman–Crippen MR) is 111 cm³/mol. The lowest BCUT2D eigenvalue weighted by Gasteiger charge is -2.16. The van der Waals surface area contributed by atoms with Gasteiger partial charge >= 0.3 is 0 Å². The van der Waals surface area contributed by atoms with E-state index in [1.807, 2.05) is 19.1 Å². The Morgan fingerprint density at radius 2 is 1.93 bits per heavy atom. The summed E-state index contributed by atoms with van der Waals surface area (Å²) in [6.45, 7) is 3.20. The molecular weight excluding hydrogens is 392 g/mol. The van der Waals surface area contributed by atoms with E-state index in [1.165, 1.54) is 18.6 Å². The van der Waals surface area contributed by atoms with Crippen LogP contribution in [0.1, 0.15) is 12.5 Å². The van der Waals surface area contributed by atoms with Crippen LogP contribution in [0.5, 0.6) is 5.75 Å². The molecule has 8 nitrogen and oxygen atoms in total. The summed E-state index contributed by atoms with van der Waals surface area (Å²) in [6.07, 6.45) is 0. The number of methoxy groups -OCH3 is 1. The molecule has 2 aromatic carbocycles. The molecule has 0 aliphatic carbocycles. The number of aromatic nitrogens is 2. The summed E-state index contributed by atoms with van der Waals surface area (Å²) in [4.78, 5) is 40.8. The van der Waals surface area contributed by atoms with Gasteiger partial charge in [-0.25, -0.2) is 4.98 Å². The van der Waals surface area contributed by atoms with Crippen molar-refractivity contribution in [1.29, 1.82) is 0 Å². The molecule has 150 valence electrons. The molecule has 1 heterocycles. The van der Waals surface area contributed by atoms with Crippen molar-refractivity contribution in [3.8, 4) is 11.4 Å². The number of fused-ring (bicyclic) bond motifs is 1. The summed E-state index contributed by atoms with van der Waals surface area (Å²) in [5.41, 5.74) is 6.29. The first kappa shape index (κ1) is 20.4. The van der Waals surface area contributed by atoms with Crippen LogP contribution in [-0.4, -0.2) is 34.2 Å². The maximum atomic E-state index is 13.3. The highest BCUT2D eigenvalue weighted by Crippen LogP contribution is 2.28. The van der Waals surface area contributed by atoms with Crippen LogP contribution in [-0.2, 0) is 9.59 Å². The molecule has 3 rings (SSSR count). The Labute approximate surface area is 171 Å². The second-order valence-electron chi connectivity index (χ2n) is 6.25. The Balaban J connectivity index is 2.10. The van der Waals surface area contributed by atoms with Crippen LogP contribution in [0.15, 0.2) is 52.4 Å². The summed E-state index contributed by atoms with van der Waals surface area (Å²) in [7, 11) is 1.53. The van der Waals surface area contributed by atoms with Gasteiger partial charge in [0.05, 0.1) is 29.5 Å². The van der Waals surface area contributed by atoms with Gasteiger partial charge in [0.15, 0.2) is 5.16 Å². The monoisotopic (exact) mass is 412 g/mol. The van der Waals surface area contributed by atoms with Crippen molar-refractivity contribution in [1.82, 2.24) is 20.4 Å². The average molecular weight is 412 g/mol. The number of aryl methyl sites for hydroxylation is 1. The van der Waals surface area contributed by atoms with E-state index in [9.17, 15) is 14.4 Å². The molecule has 0 radical (unpaired) electrons. The van der Waals surface area contributed by atoms with E-state index in [1.54, 1.807) is 30.3 Å². The Morgan fingerprint density at radius 3 is 2.66 bits per heavy atom. The molecule has 0 unspecified atom stereocenters. The third-order valence-corrected chi connectivity index (χ3v) is 4.97. The molecule has 9 heteroatoms. The zero-order valence-electron chi connectivity index (χ0n) is 16.2. The molecular formula is C20H20N4O4S. The first-order valence-electron chi connectivity index (χ1n) is 8.75. The topological polar surface area (TPSA) is 102 Å². The number of nitrogens with one attached hydrogen (secondary N) is 2. The van der Waals surface area contributed by atoms with Crippen LogP contribution in [0.3, 0.4) is 0 Å². The van der Waals surface area contributed by atoms with Crippen molar-refractivity contribution in [3.63, 3.8) is 0 Å². The Morgan fingerprint density at radius 1 is 1.17 bits per heavy atom. The van der Waals surface area contributed by atoms with Crippen LogP contribution in [0.25, 0.3) is 16.6 Å². The normalized spacial score (nSPS) is 10.6. The summed E-state index contributed by atoms with van der Waals surface area (Å²) >= 11 is 1.09. The standard InChI is InChI=1S/C20H20N4O4S/c1-12-8-9-17(28-3)16(10-12)24-19(27)14-6-4-5-7-15(14)21-20(24)29-11-18(26)23-22-13(2)25/h4-10H,11H2,1-3H3,(H,22,25)(H,23,26). The van der Waals surface area contributed by atoms with Crippen molar-refractivity contribution >= 4 is 34.5 Å². The van der Waals surface area contributed by atoms with Gasteiger partial charge in [0.25, 0.3) is 5.56 Å². The SMILES string of the molecule is COc1ccc(C)cc1-n1c(SCC(=O)NNC(C)=O)nc2ccccc2c1=O. The highest BCUT2D eigenvalue weighted by molar-refractivity contribution is 7.99. The van der Waals surface area contributed by atoms with Crippen LogP contribution in [0, 0.1) is 6.92 Å². The van der Waals surface area contributed by atoms with Gasteiger partial charge in [0.1, 0.15) is 5.75 Å². The first-order chi connectivity index (χ1) is 13.9. The molecule has 0 atom stereocenters. The number of para-hydroxylation sites is 1. The summed E-state index contributed by atoms with van der Waals surface area (Å²) in [6, 6.07) is 12.5. The number of carbonyl (C=O) groups is 2. The minimum absolute atomic E-state index is 0.0425. The lowest BCUT2D eigenvalue weighted by molar-refractivity contribution is -0.126. The third-order valence-electron chi connectivity index (χ3n) is 4.03. The highest BCUT2D eigenvalue weighted by Gasteiger charge is 2.17. The van der Waals surface area contributed by atoms with Gasteiger partial charge in [-0.15, -0.1) is 0 Å². The third kappa shape index (κ3) is 4.57. The van der Waals surface area contributed by atoms with E-state index in [0.29, 0.717) is 27.5 Å². The number of hydrazine groups is 1. The summed E-state index contributed by atoms with van der Waals surface area (Å²) in [5, 5.41) is 0.804. The van der Waals surface area contributed by atoms with E-state index < -0.39 is 5.91 Å². The van der Waals surface area contributed by atoms with Gasteiger partial charge in [0.2, 0.25) is 11.8 Å².